The number of carbonyl (C=O) groups is 3. The monoisotopic (exact) mass is 492 g/mol. The fourth-order valence-corrected chi connectivity index (χ4v) is 7.51. The number of aliphatic hydroxyl groups excluding tert-OH is 1. The minimum Gasteiger partial charge on any atom is -0.445 e. The molecule has 0 aromatic rings. The second kappa shape index (κ2) is 9.85. The molecule has 35 heavy (non-hydrogen) atoms. The lowest BCUT2D eigenvalue weighted by Gasteiger charge is -2.61. The molecule has 3 aliphatic rings. The zero-order valence-corrected chi connectivity index (χ0v) is 22.4. The van der Waals surface area contributed by atoms with Gasteiger partial charge in [0.2, 0.25) is 0 Å². The Kier molecular flexibility index (Phi) is 7.78. The van der Waals surface area contributed by atoms with Gasteiger partial charge in [-0.1, -0.05) is 33.8 Å². The van der Waals surface area contributed by atoms with Gasteiger partial charge in [-0.25, -0.2) is 14.9 Å². The number of hydrogen-bond acceptors (Lipinski definition) is 7. The Labute approximate surface area is 209 Å². The van der Waals surface area contributed by atoms with Gasteiger partial charge in [0, 0.05) is 29.7 Å². The number of alkyl carbamates (subject to hydrolysis) is 2. The average molecular weight is 493 g/mol. The summed E-state index contributed by atoms with van der Waals surface area (Å²) in [5, 5.41) is 13.7. The van der Waals surface area contributed by atoms with Crippen molar-refractivity contribution in [1.29, 1.82) is 0 Å². The number of imide groups is 1. The van der Waals surface area contributed by atoms with E-state index < -0.39 is 41.3 Å². The van der Waals surface area contributed by atoms with Gasteiger partial charge >= 0.3 is 12.2 Å². The van der Waals surface area contributed by atoms with E-state index in [0.717, 1.165) is 19.3 Å². The van der Waals surface area contributed by atoms with E-state index in [1.807, 2.05) is 25.9 Å². The molecule has 198 valence electrons. The first-order valence-corrected chi connectivity index (χ1v) is 12.9. The zero-order chi connectivity index (χ0) is 26.3. The highest BCUT2D eigenvalue weighted by atomic mass is 16.6. The molecule has 0 spiro atoms. The zero-order valence-electron chi connectivity index (χ0n) is 22.4. The molecule has 0 aliphatic heterocycles. The molecule has 1 unspecified atom stereocenters. The van der Waals surface area contributed by atoms with Gasteiger partial charge in [0.15, 0.2) is 0 Å². The van der Waals surface area contributed by atoms with E-state index in [4.69, 9.17) is 9.47 Å². The maximum atomic E-state index is 13.4. The van der Waals surface area contributed by atoms with Gasteiger partial charge in [-0.3, -0.25) is 4.79 Å². The van der Waals surface area contributed by atoms with Crippen LogP contribution in [0.15, 0.2) is 12.7 Å². The van der Waals surface area contributed by atoms with Crippen LogP contribution in [0, 0.1) is 34.0 Å². The lowest BCUT2D eigenvalue weighted by molar-refractivity contribution is -0.191. The van der Waals surface area contributed by atoms with Crippen molar-refractivity contribution < 1.29 is 29.0 Å². The molecule has 2 amide bonds. The summed E-state index contributed by atoms with van der Waals surface area (Å²) in [6.07, 6.45) is 1.40. The fourth-order valence-electron chi connectivity index (χ4n) is 7.51. The van der Waals surface area contributed by atoms with Crippen LogP contribution in [-0.2, 0) is 14.3 Å². The first kappa shape index (κ1) is 27.7. The van der Waals surface area contributed by atoms with Crippen LogP contribution in [0.1, 0.15) is 66.7 Å². The first-order chi connectivity index (χ1) is 16.2. The summed E-state index contributed by atoms with van der Waals surface area (Å²) in [4.78, 5) is 40.5. The van der Waals surface area contributed by atoms with E-state index in [-0.39, 0.29) is 29.0 Å². The number of likely N-dealkylation sites (N-methyl/N-ethyl adjacent to an activating group) is 1. The summed E-state index contributed by atoms with van der Waals surface area (Å²) in [5.41, 5.74) is -1.71. The van der Waals surface area contributed by atoms with Crippen molar-refractivity contribution in [3.05, 3.63) is 12.7 Å². The van der Waals surface area contributed by atoms with Gasteiger partial charge in [-0.05, 0) is 64.0 Å². The third-order valence-electron chi connectivity index (χ3n) is 9.69. The number of amides is 2. The Hall–Kier alpha value is -1.93. The normalized spacial score (nSPS) is 41.9. The number of nitrogens with zero attached hydrogens (tertiary/aromatic N) is 1. The number of rotatable bonds is 5. The minimum atomic E-state index is -0.901. The van der Waals surface area contributed by atoms with E-state index in [9.17, 15) is 19.5 Å². The summed E-state index contributed by atoms with van der Waals surface area (Å²) in [6, 6.07) is 0. The molecule has 0 radical (unpaired) electrons. The topological polar surface area (TPSA) is 105 Å². The molecule has 8 heteroatoms. The van der Waals surface area contributed by atoms with Crippen molar-refractivity contribution >= 4 is 18.0 Å². The van der Waals surface area contributed by atoms with Crippen LogP contribution >= 0.6 is 0 Å². The summed E-state index contributed by atoms with van der Waals surface area (Å²) in [6.45, 7) is 14.4. The Morgan fingerprint density at radius 1 is 1.26 bits per heavy atom. The van der Waals surface area contributed by atoms with Gasteiger partial charge in [0.25, 0.3) is 0 Å². The molecule has 3 saturated carbocycles. The van der Waals surface area contributed by atoms with Crippen LogP contribution in [0.5, 0.6) is 0 Å². The SMILES string of the molecule is C=C[C@]1(C)C[C@@H](OC(=O)NC(=O)O[C@H](C)CN(C)C)[C@@]2(C)C(C)CC[C@]3(CCC(=O)[C@H]32)[C@@H](C)[C@@H]1O. The summed E-state index contributed by atoms with van der Waals surface area (Å²) >= 11 is 0. The van der Waals surface area contributed by atoms with Crippen LogP contribution in [0.25, 0.3) is 0 Å². The third kappa shape index (κ3) is 4.76. The molecular formula is C27H44N2O6. The smallest absolute Gasteiger partial charge is 0.416 e. The van der Waals surface area contributed by atoms with Crippen LogP contribution in [0.4, 0.5) is 9.59 Å². The second-order valence-electron chi connectivity index (χ2n) is 12.1. The molecule has 2 bridgehead atoms. The van der Waals surface area contributed by atoms with Gasteiger partial charge < -0.3 is 19.5 Å². The molecule has 9 atom stereocenters. The van der Waals surface area contributed by atoms with E-state index in [1.54, 1.807) is 13.0 Å². The minimum absolute atomic E-state index is 0.100. The van der Waals surface area contributed by atoms with Crippen molar-refractivity contribution in [2.45, 2.75) is 85.0 Å². The average Bonchev–Trinajstić information content (AvgIpc) is 3.11. The highest BCUT2D eigenvalue weighted by Gasteiger charge is 2.68. The van der Waals surface area contributed by atoms with Crippen molar-refractivity contribution in [2.24, 2.45) is 34.0 Å². The Bertz CT molecular complexity index is 861. The maximum Gasteiger partial charge on any atom is 0.416 e. The highest BCUT2D eigenvalue weighted by Crippen LogP contribution is 2.67. The van der Waals surface area contributed by atoms with Gasteiger partial charge in [0.05, 0.1) is 6.10 Å². The molecule has 3 rings (SSSR count). The van der Waals surface area contributed by atoms with E-state index in [1.165, 1.54) is 0 Å². The Balaban J connectivity index is 1.93. The van der Waals surface area contributed by atoms with Crippen molar-refractivity contribution in [1.82, 2.24) is 10.2 Å². The fraction of sp³-hybridized carbons (Fsp3) is 0.815. The largest absolute Gasteiger partial charge is 0.445 e. The van der Waals surface area contributed by atoms with Crippen LogP contribution in [0.2, 0.25) is 0 Å². The molecule has 3 fully saturated rings. The lowest BCUT2D eigenvalue weighted by Crippen LogP contribution is -2.63. The number of Topliss-reactive ketones (excluding diaryl/α,β-unsaturated/α-hetero) is 1. The molecule has 0 saturated heterocycles. The molecule has 2 N–H and O–H groups in total. The molecule has 8 nitrogen and oxygen atoms in total. The number of hydrogen-bond donors (Lipinski definition) is 2. The Morgan fingerprint density at radius 3 is 2.51 bits per heavy atom. The standard InChI is InChI=1S/C27H44N2O6/c1-9-25(5)14-20(35-24(33)28-23(32)34-17(3)15-29(7)8)26(6)16(2)10-12-27(18(4)22(25)31)13-11-19(30)21(26)27/h9,16-18,20-22,31H,1,10-15H2,2-8H3,(H,28,32,33)/t16?,17-,18+,20-,21+,22+,25-,26-,27+/m1/s1. The number of carbonyl (C=O) groups excluding carboxylic acids is 3. The number of ketones is 1. The van der Waals surface area contributed by atoms with Crippen LogP contribution in [0.3, 0.4) is 0 Å². The predicted molar refractivity (Wildman–Crippen MR) is 133 cm³/mol. The summed E-state index contributed by atoms with van der Waals surface area (Å²) in [7, 11) is 3.73. The Morgan fingerprint density at radius 2 is 1.91 bits per heavy atom. The summed E-state index contributed by atoms with van der Waals surface area (Å²) in [5.74, 6) is -0.116. The third-order valence-corrected chi connectivity index (χ3v) is 9.69. The number of ether oxygens (including phenoxy) is 2. The molecule has 3 aliphatic carbocycles. The van der Waals surface area contributed by atoms with Crippen molar-refractivity contribution in [3.8, 4) is 0 Å². The van der Waals surface area contributed by atoms with Crippen molar-refractivity contribution in [2.75, 3.05) is 20.6 Å². The number of aliphatic hydroxyl groups is 1. The molecule has 0 aromatic heterocycles. The molecular weight excluding hydrogens is 448 g/mol. The van der Waals surface area contributed by atoms with Crippen molar-refractivity contribution in [3.63, 3.8) is 0 Å². The van der Waals surface area contributed by atoms with E-state index >= 15 is 0 Å². The van der Waals surface area contributed by atoms with E-state index in [2.05, 4.69) is 32.7 Å². The van der Waals surface area contributed by atoms with E-state index in [0.29, 0.717) is 19.4 Å². The maximum absolute atomic E-state index is 13.4. The lowest BCUT2D eigenvalue weighted by atomic mass is 9.44. The second-order valence-corrected chi connectivity index (χ2v) is 12.1. The number of nitrogens with one attached hydrogen (secondary N) is 1. The molecule has 0 aromatic carbocycles. The molecule has 0 heterocycles. The van der Waals surface area contributed by atoms with Gasteiger partial charge in [0.1, 0.15) is 18.0 Å². The van der Waals surface area contributed by atoms with Gasteiger partial charge in [-0.2, -0.15) is 0 Å². The van der Waals surface area contributed by atoms with Gasteiger partial charge in [-0.15, -0.1) is 6.58 Å². The predicted octanol–water partition coefficient (Wildman–Crippen LogP) is 4.16. The highest BCUT2D eigenvalue weighted by molar-refractivity contribution is 5.88. The van der Waals surface area contributed by atoms with Crippen LogP contribution < -0.4 is 5.32 Å². The van der Waals surface area contributed by atoms with Crippen LogP contribution in [-0.4, -0.2) is 66.9 Å². The summed E-state index contributed by atoms with van der Waals surface area (Å²) < 4.78 is 11.3. The first-order valence-electron chi connectivity index (χ1n) is 12.9. The quantitative estimate of drug-likeness (QED) is 0.555.